The minimum atomic E-state index is -1.28. The van der Waals surface area contributed by atoms with Crippen LogP contribution in [0.25, 0.3) is 10.9 Å². The molecule has 1 aliphatic carbocycles. The van der Waals surface area contributed by atoms with Crippen LogP contribution in [0.2, 0.25) is 0 Å². The summed E-state index contributed by atoms with van der Waals surface area (Å²) in [5.41, 5.74) is -0.132. The number of pyridine rings is 1. The molecule has 1 heterocycles. The molecule has 5 heteroatoms. The highest BCUT2D eigenvalue weighted by Crippen LogP contribution is 2.47. The molecule has 0 atom stereocenters. The number of rotatable bonds is 2. The van der Waals surface area contributed by atoms with Crippen molar-refractivity contribution in [1.82, 2.24) is 4.98 Å². The molecule has 0 spiro atoms. The van der Waals surface area contributed by atoms with Crippen LogP contribution < -0.4 is 0 Å². The van der Waals surface area contributed by atoms with Gasteiger partial charge >= 0.3 is 5.97 Å². The Labute approximate surface area is 107 Å². The Hall–Kier alpha value is -2.04. The van der Waals surface area contributed by atoms with Gasteiger partial charge in [0.05, 0.1) is 10.9 Å². The maximum absolute atomic E-state index is 13.8. The molecule has 3 nitrogen and oxygen atoms in total. The number of carbonyl (C=O) groups is 1. The van der Waals surface area contributed by atoms with E-state index in [0.29, 0.717) is 5.69 Å². The van der Waals surface area contributed by atoms with E-state index in [9.17, 15) is 18.7 Å². The van der Waals surface area contributed by atoms with Gasteiger partial charge in [-0.1, -0.05) is 6.92 Å². The minimum Gasteiger partial charge on any atom is -0.478 e. The molecule has 1 aliphatic rings. The van der Waals surface area contributed by atoms with Gasteiger partial charge in [0.15, 0.2) is 0 Å². The summed E-state index contributed by atoms with van der Waals surface area (Å²) >= 11 is 0. The first-order valence-corrected chi connectivity index (χ1v) is 5.95. The first-order valence-electron chi connectivity index (χ1n) is 5.95. The van der Waals surface area contributed by atoms with Gasteiger partial charge in [0.1, 0.15) is 17.2 Å². The van der Waals surface area contributed by atoms with Gasteiger partial charge in [0.2, 0.25) is 0 Å². The first-order chi connectivity index (χ1) is 8.92. The molecule has 0 radical (unpaired) electrons. The number of nitrogens with zero attached hydrogens (tertiary/aromatic N) is 1. The van der Waals surface area contributed by atoms with Gasteiger partial charge < -0.3 is 5.11 Å². The lowest BCUT2D eigenvalue weighted by Crippen LogP contribution is -2.09. The Morgan fingerprint density at radius 2 is 1.95 bits per heavy atom. The number of fused-ring (bicyclic) bond motifs is 1. The van der Waals surface area contributed by atoms with Crippen molar-refractivity contribution in [2.24, 2.45) is 0 Å². The van der Waals surface area contributed by atoms with E-state index in [0.717, 1.165) is 25.0 Å². The van der Waals surface area contributed by atoms with E-state index in [1.807, 2.05) is 6.92 Å². The molecule has 19 heavy (non-hydrogen) atoms. The number of carboxylic acids is 1. The van der Waals surface area contributed by atoms with Gasteiger partial charge in [0, 0.05) is 11.1 Å². The fourth-order valence-corrected chi connectivity index (χ4v) is 2.19. The second-order valence-electron chi connectivity index (χ2n) is 5.17. The summed E-state index contributed by atoms with van der Waals surface area (Å²) in [6.07, 6.45) is 1.75. The fraction of sp³-hybridized carbons (Fsp3) is 0.286. The van der Waals surface area contributed by atoms with Crippen molar-refractivity contribution in [3.8, 4) is 0 Å². The zero-order chi connectivity index (χ0) is 13.8. The smallest absolute Gasteiger partial charge is 0.336 e. The molecule has 0 unspecified atom stereocenters. The standard InChI is InChI=1S/C14H11F2NO2/c1-14(4-5-14)10-6-7(13(18)19)11-8(15)2-3-9(16)12(11)17-10/h2-3,6H,4-5H2,1H3,(H,18,19). The maximum Gasteiger partial charge on any atom is 0.336 e. The molecule has 0 aliphatic heterocycles. The summed E-state index contributed by atoms with van der Waals surface area (Å²) in [7, 11) is 0. The highest BCUT2D eigenvalue weighted by atomic mass is 19.1. The van der Waals surface area contributed by atoms with E-state index < -0.39 is 17.6 Å². The Bertz CT molecular complexity index is 708. The number of benzene rings is 1. The molecule has 1 aromatic heterocycles. The average Bonchev–Trinajstić information content (AvgIpc) is 3.12. The van der Waals surface area contributed by atoms with Crippen molar-refractivity contribution >= 4 is 16.9 Å². The number of halogens is 2. The van der Waals surface area contributed by atoms with E-state index >= 15 is 0 Å². The summed E-state index contributed by atoms with van der Waals surface area (Å²) in [5.74, 6) is -2.75. The number of hydrogen-bond donors (Lipinski definition) is 1. The summed E-state index contributed by atoms with van der Waals surface area (Å²) in [6.45, 7) is 1.93. The summed E-state index contributed by atoms with van der Waals surface area (Å²) in [4.78, 5) is 15.4. The summed E-state index contributed by atoms with van der Waals surface area (Å²) in [5, 5.41) is 8.93. The van der Waals surface area contributed by atoms with Gasteiger partial charge in [-0.25, -0.2) is 18.6 Å². The molecular weight excluding hydrogens is 252 g/mol. The van der Waals surface area contributed by atoms with Crippen LogP contribution in [0.3, 0.4) is 0 Å². The lowest BCUT2D eigenvalue weighted by molar-refractivity contribution is 0.0698. The molecule has 1 N–H and O–H groups in total. The number of aromatic nitrogens is 1. The zero-order valence-corrected chi connectivity index (χ0v) is 10.2. The third-order valence-electron chi connectivity index (χ3n) is 3.71. The minimum absolute atomic E-state index is 0.206. The van der Waals surface area contributed by atoms with Crippen molar-refractivity contribution in [1.29, 1.82) is 0 Å². The quantitative estimate of drug-likeness (QED) is 0.904. The van der Waals surface area contributed by atoms with Crippen molar-refractivity contribution < 1.29 is 18.7 Å². The predicted octanol–water partition coefficient (Wildman–Crippen LogP) is 3.26. The monoisotopic (exact) mass is 263 g/mol. The van der Waals surface area contributed by atoms with Crippen molar-refractivity contribution in [2.45, 2.75) is 25.2 Å². The zero-order valence-electron chi connectivity index (χ0n) is 10.2. The summed E-state index contributed by atoms with van der Waals surface area (Å²) < 4.78 is 27.5. The van der Waals surface area contributed by atoms with E-state index in [4.69, 9.17) is 0 Å². The topological polar surface area (TPSA) is 50.2 Å². The third kappa shape index (κ3) is 1.77. The van der Waals surface area contributed by atoms with Gasteiger partial charge in [-0.15, -0.1) is 0 Å². The largest absolute Gasteiger partial charge is 0.478 e. The van der Waals surface area contributed by atoms with Crippen molar-refractivity contribution in [3.63, 3.8) is 0 Å². The van der Waals surface area contributed by atoms with E-state index in [1.165, 1.54) is 6.07 Å². The Morgan fingerprint density at radius 1 is 1.32 bits per heavy atom. The van der Waals surface area contributed by atoms with Crippen molar-refractivity contribution in [2.75, 3.05) is 0 Å². The molecule has 98 valence electrons. The van der Waals surface area contributed by atoms with Crippen LogP contribution in [0.1, 0.15) is 35.8 Å². The molecule has 2 aromatic rings. The van der Waals surface area contributed by atoms with Crippen LogP contribution in [-0.4, -0.2) is 16.1 Å². The fourth-order valence-electron chi connectivity index (χ4n) is 2.19. The lowest BCUT2D eigenvalue weighted by atomic mass is 9.99. The van der Waals surface area contributed by atoms with E-state index in [2.05, 4.69) is 4.98 Å². The van der Waals surface area contributed by atoms with Crippen LogP contribution >= 0.6 is 0 Å². The Kier molecular flexibility index (Phi) is 2.36. The highest BCUT2D eigenvalue weighted by molar-refractivity contribution is 6.03. The second-order valence-corrected chi connectivity index (χ2v) is 5.17. The van der Waals surface area contributed by atoms with Crippen LogP contribution in [0.15, 0.2) is 18.2 Å². The molecule has 1 aromatic carbocycles. The predicted molar refractivity (Wildman–Crippen MR) is 65.2 cm³/mol. The van der Waals surface area contributed by atoms with Gasteiger partial charge in [-0.2, -0.15) is 0 Å². The van der Waals surface area contributed by atoms with E-state index in [1.54, 1.807) is 0 Å². The molecule has 1 fully saturated rings. The van der Waals surface area contributed by atoms with Gasteiger partial charge in [-0.05, 0) is 31.0 Å². The molecule has 3 rings (SSSR count). The van der Waals surface area contributed by atoms with Crippen LogP contribution in [0.5, 0.6) is 0 Å². The van der Waals surface area contributed by atoms with Crippen LogP contribution in [0.4, 0.5) is 8.78 Å². The van der Waals surface area contributed by atoms with E-state index in [-0.39, 0.29) is 21.9 Å². The third-order valence-corrected chi connectivity index (χ3v) is 3.71. The molecule has 0 saturated heterocycles. The Morgan fingerprint density at radius 3 is 2.53 bits per heavy atom. The lowest BCUT2D eigenvalue weighted by Gasteiger charge is -2.12. The maximum atomic E-state index is 13.8. The molecule has 1 saturated carbocycles. The summed E-state index contributed by atoms with van der Waals surface area (Å²) in [6, 6.07) is 3.25. The van der Waals surface area contributed by atoms with Gasteiger partial charge in [-0.3, -0.25) is 0 Å². The van der Waals surface area contributed by atoms with Crippen molar-refractivity contribution in [3.05, 3.63) is 41.1 Å². The van der Waals surface area contributed by atoms with Gasteiger partial charge in [0.25, 0.3) is 0 Å². The molecular formula is C14H11F2NO2. The first kappa shape index (κ1) is 12.0. The molecule has 0 amide bonds. The number of hydrogen-bond acceptors (Lipinski definition) is 2. The van der Waals surface area contributed by atoms with Crippen LogP contribution in [-0.2, 0) is 5.41 Å². The number of carboxylic acid groups (broad SMARTS) is 1. The molecule has 0 bridgehead atoms. The highest BCUT2D eigenvalue weighted by Gasteiger charge is 2.41. The SMILES string of the molecule is CC1(c2cc(C(=O)O)c3c(F)ccc(F)c3n2)CC1. The normalized spacial score (nSPS) is 16.6. The average molecular weight is 263 g/mol. The Balaban J connectivity index is 2.41. The second kappa shape index (κ2) is 3.73. The number of aromatic carboxylic acids is 1. The van der Waals surface area contributed by atoms with Crippen LogP contribution in [0, 0.1) is 11.6 Å².